The quantitative estimate of drug-likeness (QED) is 0.177. The van der Waals surface area contributed by atoms with E-state index in [1.165, 1.54) is 23.9 Å². The lowest BCUT2D eigenvalue weighted by atomic mass is 9.79. The van der Waals surface area contributed by atoms with Crippen LogP contribution in [0.15, 0.2) is 67.0 Å². The second-order valence-corrected chi connectivity index (χ2v) is 15.1. The fourth-order valence-corrected chi connectivity index (χ4v) is 7.79. The fourth-order valence-electron chi connectivity index (χ4n) is 7.37. The van der Waals surface area contributed by atoms with Crippen LogP contribution in [0.25, 0.3) is 0 Å². The number of aromatic nitrogens is 4. The summed E-state index contributed by atoms with van der Waals surface area (Å²) in [6, 6.07) is 14.3. The molecule has 3 N–H and O–H groups in total. The molecule has 0 spiro atoms. The number of carbonyl (C=O) groups excluding carboxylic acids is 4. The molecule has 4 amide bonds. The van der Waals surface area contributed by atoms with Gasteiger partial charge in [-0.2, -0.15) is 5.10 Å². The molecule has 4 aromatic rings. The van der Waals surface area contributed by atoms with Crippen LogP contribution < -0.4 is 16.0 Å². The SMILES string of the molecule is CCn1nccc1C(=O)N[C@H](C(=O)Nc1ccc([C@H](C)[C@@H](NC(=O)c2cnns2)C(=O)N2CCN(Cc3ccccc3)CC2)cc1F)C1CCC(C)CC1. The molecular formula is C39H48FN9O4S. The van der Waals surface area contributed by atoms with E-state index in [4.69, 9.17) is 0 Å². The fraction of sp³-hybridized carbons (Fsp3) is 0.462. The summed E-state index contributed by atoms with van der Waals surface area (Å²) in [5.41, 5.74) is 1.96. The van der Waals surface area contributed by atoms with Crippen molar-refractivity contribution < 1.29 is 23.6 Å². The van der Waals surface area contributed by atoms with Gasteiger partial charge in [0.15, 0.2) is 0 Å². The molecule has 6 rings (SSSR count). The zero-order chi connectivity index (χ0) is 38.2. The third kappa shape index (κ3) is 9.37. The average molecular weight is 758 g/mol. The Morgan fingerprint density at radius 2 is 1.69 bits per heavy atom. The molecule has 1 saturated heterocycles. The van der Waals surface area contributed by atoms with Crippen LogP contribution in [0.4, 0.5) is 10.1 Å². The maximum Gasteiger partial charge on any atom is 0.270 e. The number of benzene rings is 2. The van der Waals surface area contributed by atoms with Crippen molar-refractivity contribution in [2.24, 2.45) is 11.8 Å². The van der Waals surface area contributed by atoms with E-state index >= 15 is 4.39 Å². The lowest BCUT2D eigenvalue weighted by molar-refractivity contribution is -0.135. The summed E-state index contributed by atoms with van der Waals surface area (Å²) in [4.78, 5) is 58.8. The highest BCUT2D eigenvalue weighted by atomic mass is 32.1. The lowest BCUT2D eigenvalue weighted by Gasteiger charge is -2.37. The van der Waals surface area contributed by atoms with Gasteiger partial charge in [0, 0.05) is 51.4 Å². The maximum atomic E-state index is 15.9. The van der Waals surface area contributed by atoms with E-state index in [1.54, 1.807) is 34.8 Å². The van der Waals surface area contributed by atoms with Gasteiger partial charge in [0.25, 0.3) is 11.8 Å². The Hall–Kier alpha value is -5.02. The minimum absolute atomic E-state index is 0.0461. The van der Waals surface area contributed by atoms with E-state index < -0.39 is 41.5 Å². The first-order valence-corrected chi connectivity index (χ1v) is 19.4. The van der Waals surface area contributed by atoms with E-state index in [1.807, 2.05) is 25.1 Å². The smallest absolute Gasteiger partial charge is 0.270 e. The molecule has 1 saturated carbocycles. The summed E-state index contributed by atoms with van der Waals surface area (Å²) >= 11 is 0.921. The molecule has 2 aromatic heterocycles. The van der Waals surface area contributed by atoms with E-state index in [0.29, 0.717) is 49.9 Å². The van der Waals surface area contributed by atoms with Gasteiger partial charge < -0.3 is 20.9 Å². The molecule has 2 aromatic carbocycles. The molecular weight excluding hydrogens is 710 g/mol. The number of hydrogen-bond donors (Lipinski definition) is 3. The molecule has 3 atom stereocenters. The van der Waals surface area contributed by atoms with Gasteiger partial charge in [0.2, 0.25) is 11.8 Å². The van der Waals surface area contributed by atoms with Gasteiger partial charge in [0.1, 0.15) is 28.5 Å². The molecule has 15 heteroatoms. The van der Waals surface area contributed by atoms with Crippen molar-refractivity contribution in [3.05, 3.63) is 94.5 Å². The summed E-state index contributed by atoms with van der Waals surface area (Å²) in [7, 11) is 0. The summed E-state index contributed by atoms with van der Waals surface area (Å²) in [6.07, 6.45) is 6.25. The van der Waals surface area contributed by atoms with Crippen LogP contribution in [0.2, 0.25) is 0 Å². The minimum Gasteiger partial charge on any atom is -0.339 e. The lowest BCUT2D eigenvalue weighted by Crippen LogP contribution is -2.56. The monoisotopic (exact) mass is 757 g/mol. The summed E-state index contributed by atoms with van der Waals surface area (Å²) in [5, 5.41) is 16.5. The normalized spacial score (nSPS) is 19.4. The van der Waals surface area contributed by atoms with Crippen LogP contribution in [0.1, 0.15) is 83.7 Å². The zero-order valence-corrected chi connectivity index (χ0v) is 31.7. The molecule has 1 aliphatic carbocycles. The second kappa shape index (κ2) is 17.9. The van der Waals surface area contributed by atoms with Crippen molar-refractivity contribution >= 4 is 40.8 Å². The predicted octanol–water partition coefficient (Wildman–Crippen LogP) is 4.70. The first kappa shape index (κ1) is 38.7. The first-order chi connectivity index (χ1) is 26.1. The van der Waals surface area contributed by atoms with Crippen molar-refractivity contribution in [3.8, 4) is 0 Å². The Labute approximate surface area is 318 Å². The van der Waals surface area contributed by atoms with Gasteiger partial charge in [-0.25, -0.2) is 4.39 Å². The highest BCUT2D eigenvalue weighted by Crippen LogP contribution is 2.32. The van der Waals surface area contributed by atoms with Crippen molar-refractivity contribution in [1.29, 1.82) is 0 Å². The molecule has 13 nitrogen and oxygen atoms in total. The standard InChI is InChI=1S/C39H48FN9O4S/c1-4-49-32(16-17-42-49)36(50)45-35(28-12-10-25(2)11-13-28)38(52)43-31-15-14-29(22-30(31)40)26(3)34(44-37(51)33-23-41-46-54-33)39(53)48-20-18-47(19-21-48)24-27-8-6-5-7-9-27/h5-9,14-17,22-23,25-26,28,34-35H,4,10-13,18-21,24H2,1-3H3,(H,43,52)(H,44,51)(H,45,50)/t25?,26-,28?,34+,35-/m0/s1. The Balaban J connectivity index is 1.17. The largest absolute Gasteiger partial charge is 0.339 e. The first-order valence-electron chi connectivity index (χ1n) is 18.7. The Bertz CT molecular complexity index is 1890. The third-order valence-corrected chi connectivity index (χ3v) is 11.4. The van der Waals surface area contributed by atoms with Crippen LogP contribution in [0.5, 0.6) is 0 Å². The predicted molar refractivity (Wildman–Crippen MR) is 203 cm³/mol. The number of halogens is 1. The van der Waals surface area contributed by atoms with Gasteiger partial charge in [-0.15, -0.1) is 5.10 Å². The number of piperazine rings is 1. The number of rotatable bonds is 13. The summed E-state index contributed by atoms with van der Waals surface area (Å²) in [5.74, 6) is -2.60. The van der Waals surface area contributed by atoms with E-state index in [0.717, 1.165) is 43.8 Å². The molecule has 0 bridgehead atoms. The van der Waals surface area contributed by atoms with Gasteiger partial charge in [0.05, 0.1) is 11.9 Å². The second-order valence-electron chi connectivity index (χ2n) is 14.3. The van der Waals surface area contributed by atoms with Crippen LogP contribution >= 0.6 is 11.5 Å². The molecule has 286 valence electrons. The molecule has 0 unspecified atom stereocenters. The van der Waals surface area contributed by atoms with Crippen molar-refractivity contribution in [2.45, 2.75) is 77.5 Å². The number of nitrogens with zero attached hydrogens (tertiary/aromatic N) is 6. The topological polar surface area (TPSA) is 154 Å². The molecule has 3 heterocycles. The van der Waals surface area contributed by atoms with Gasteiger partial charge >= 0.3 is 0 Å². The Morgan fingerprint density at radius 3 is 2.35 bits per heavy atom. The highest BCUT2D eigenvalue weighted by Gasteiger charge is 2.36. The molecule has 1 aliphatic heterocycles. The van der Waals surface area contributed by atoms with Crippen LogP contribution in [0.3, 0.4) is 0 Å². The Morgan fingerprint density at radius 1 is 0.944 bits per heavy atom. The van der Waals surface area contributed by atoms with Gasteiger partial charge in [-0.1, -0.05) is 67.6 Å². The number of aryl methyl sites for hydroxylation is 1. The van der Waals surface area contributed by atoms with Crippen molar-refractivity contribution in [2.75, 3.05) is 31.5 Å². The minimum atomic E-state index is -1.01. The van der Waals surface area contributed by atoms with Crippen molar-refractivity contribution in [3.63, 3.8) is 0 Å². The van der Waals surface area contributed by atoms with E-state index in [2.05, 4.69) is 54.6 Å². The number of amides is 4. The molecule has 0 radical (unpaired) electrons. The van der Waals surface area contributed by atoms with Crippen LogP contribution in [-0.2, 0) is 22.7 Å². The van der Waals surface area contributed by atoms with E-state index in [-0.39, 0.29) is 22.4 Å². The number of carbonyl (C=O) groups is 4. The van der Waals surface area contributed by atoms with E-state index in [9.17, 15) is 19.2 Å². The maximum absolute atomic E-state index is 15.9. The summed E-state index contributed by atoms with van der Waals surface area (Å²) < 4.78 is 21.3. The van der Waals surface area contributed by atoms with Crippen LogP contribution in [0, 0.1) is 17.7 Å². The highest BCUT2D eigenvalue weighted by molar-refractivity contribution is 7.07. The average Bonchev–Trinajstić information content (AvgIpc) is 3.91. The van der Waals surface area contributed by atoms with Crippen molar-refractivity contribution in [1.82, 2.24) is 39.8 Å². The third-order valence-electron chi connectivity index (χ3n) is 10.7. The molecule has 54 heavy (non-hydrogen) atoms. The number of anilines is 1. The number of hydrogen-bond acceptors (Lipinski definition) is 9. The Kier molecular flexibility index (Phi) is 12.8. The molecule has 2 aliphatic rings. The molecule has 2 fully saturated rings. The van der Waals surface area contributed by atoms with Gasteiger partial charge in [-0.3, -0.25) is 28.8 Å². The van der Waals surface area contributed by atoms with Crippen LogP contribution in [-0.4, -0.2) is 91.1 Å². The number of nitrogens with one attached hydrogen (secondary N) is 3. The van der Waals surface area contributed by atoms with Gasteiger partial charge in [-0.05, 0) is 72.5 Å². The zero-order valence-electron chi connectivity index (χ0n) is 30.9. The summed E-state index contributed by atoms with van der Waals surface area (Å²) in [6.45, 7) is 9.38.